The molecule has 9 heteroatoms. The largest absolute Gasteiger partial charge is 0.318 e. The second-order valence-corrected chi connectivity index (χ2v) is 5.77. The Kier molecular flexibility index (Phi) is 6.01. The Morgan fingerprint density at radius 2 is 2.10 bits per heavy atom. The first kappa shape index (κ1) is 16.3. The molecule has 0 amide bonds. The molecule has 0 atom stereocenters. The molecule has 2 aromatic heterocycles. The van der Waals surface area contributed by atoms with Gasteiger partial charge in [0, 0.05) is 18.8 Å². The van der Waals surface area contributed by atoms with E-state index in [2.05, 4.69) is 39.8 Å². The average molecular weight is 330 g/mol. The predicted octanol–water partition coefficient (Wildman–Crippen LogP) is 1.62. The zero-order valence-electron chi connectivity index (χ0n) is 12.5. The van der Waals surface area contributed by atoms with Gasteiger partial charge in [0.2, 0.25) is 5.16 Å². The summed E-state index contributed by atoms with van der Waals surface area (Å²) in [5.74, 6) is 0.708. The van der Waals surface area contributed by atoms with Crippen LogP contribution in [0.15, 0.2) is 5.16 Å². The fraction of sp³-hybridized carbons (Fsp3) is 0.667. The van der Waals surface area contributed by atoms with Crippen LogP contribution in [0, 0.1) is 0 Å². The van der Waals surface area contributed by atoms with Crippen LogP contribution >= 0.6 is 23.4 Å². The van der Waals surface area contributed by atoms with Gasteiger partial charge in [0.05, 0.1) is 23.0 Å². The van der Waals surface area contributed by atoms with Gasteiger partial charge < -0.3 is 5.32 Å². The molecule has 0 aliphatic rings. The molecule has 0 aromatic carbocycles. The van der Waals surface area contributed by atoms with E-state index in [1.165, 1.54) is 0 Å². The molecule has 2 heterocycles. The van der Waals surface area contributed by atoms with Crippen molar-refractivity contribution in [2.45, 2.75) is 44.3 Å². The molecule has 21 heavy (non-hydrogen) atoms. The first-order chi connectivity index (χ1) is 10.2. The van der Waals surface area contributed by atoms with Crippen molar-refractivity contribution in [1.82, 2.24) is 35.3 Å². The Balaban J connectivity index is 2.09. The molecule has 7 nitrogen and oxygen atoms in total. The summed E-state index contributed by atoms with van der Waals surface area (Å²) in [4.78, 5) is 0. The van der Waals surface area contributed by atoms with Gasteiger partial charge in [-0.3, -0.25) is 4.68 Å². The van der Waals surface area contributed by atoms with E-state index in [-0.39, 0.29) is 0 Å². The van der Waals surface area contributed by atoms with Crippen LogP contribution in [0.25, 0.3) is 0 Å². The first-order valence-electron chi connectivity index (χ1n) is 6.98. The molecule has 0 fully saturated rings. The van der Waals surface area contributed by atoms with E-state index in [1.54, 1.807) is 16.4 Å². The molecular weight excluding hydrogens is 310 g/mol. The van der Waals surface area contributed by atoms with Crippen molar-refractivity contribution in [1.29, 1.82) is 0 Å². The lowest BCUT2D eigenvalue weighted by atomic mass is 10.3. The van der Waals surface area contributed by atoms with Gasteiger partial charge in [-0.25, -0.2) is 4.68 Å². The Morgan fingerprint density at radius 3 is 2.76 bits per heavy atom. The van der Waals surface area contributed by atoms with Crippen molar-refractivity contribution >= 4 is 23.4 Å². The third-order valence-electron chi connectivity index (χ3n) is 3.10. The number of nitrogens with zero attached hydrogens (tertiary/aromatic N) is 6. The van der Waals surface area contributed by atoms with Crippen LogP contribution in [0.2, 0.25) is 5.02 Å². The standard InChI is InChI=1S/C12H20ClN7S/c1-4-9-11(13)10(19(5-2)16-9)8-21-12-15-17-18-20(12)7-6-14-3/h14H,4-8H2,1-3H3. The van der Waals surface area contributed by atoms with E-state index in [0.717, 1.165) is 47.6 Å². The SMILES string of the molecule is CCc1nn(CC)c(CSc2nnnn2CCNC)c1Cl. The van der Waals surface area contributed by atoms with E-state index >= 15 is 0 Å². The molecule has 0 aliphatic carbocycles. The molecule has 0 bridgehead atoms. The van der Waals surface area contributed by atoms with Crippen LogP contribution < -0.4 is 5.32 Å². The van der Waals surface area contributed by atoms with E-state index in [0.29, 0.717) is 5.75 Å². The minimum Gasteiger partial charge on any atom is -0.318 e. The summed E-state index contributed by atoms with van der Waals surface area (Å²) in [6.07, 6.45) is 0.837. The van der Waals surface area contributed by atoms with Crippen LogP contribution in [-0.2, 0) is 25.3 Å². The van der Waals surface area contributed by atoms with Crippen molar-refractivity contribution < 1.29 is 0 Å². The molecule has 0 radical (unpaired) electrons. The fourth-order valence-corrected chi connectivity index (χ4v) is 3.29. The number of hydrogen-bond donors (Lipinski definition) is 1. The summed E-state index contributed by atoms with van der Waals surface area (Å²) in [5.41, 5.74) is 1.98. The monoisotopic (exact) mass is 329 g/mol. The smallest absolute Gasteiger partial charge is 0.209 e. The maximum atomic E-state index is 6.41. The van der Waals surface area contributed by atoms with E-state index in [1.807, 2.05) is 11.7 Å². The molecule has 0 unspecified atom stereocenters. The van der Waals surface area contributed by atoms with Crippen LogP contribution in [-0.4, -0.2) is 43.6 Å². The van der Waals surface area contributed by atoms with Crippen molar-refractivity contribution in [2.75, 3.05) is 13.6 Å². The second-order valence-electron chi connectivity index (χ2n) is 4.45. The molecule has 116 valence electrons. The lowest BCUT2D eigenvalue weighted by Gasteiger charge is -2.06. The highest BCUT2D eigenvalue weighted by molar-refractivity contribution is 7.98. The summed E-state index contributed by atoms with van der Waals surface area (Å²) in [6, 6.07) is 0. The van der Waals surface area contributed by atoms with Gasteiger partial charge in [0.1, 0.15) is 0 Å². The Labute approximate surface area is 133 Å². The normalized spacial score (nSPS) is 11.2. The zero-order valence-corrected chi connectivity index (χ0v) is 14.1. The van der Waals surface area contributed by atoms with Gasteiger partial charge in [-0.2, -0.15) is 5.10 Å². The van der Waals surface area contributed by atoms with Gasteiger partial charge in [0.25, 0.3) is 0 Å². The van der Waals surface area contributed by atoms with Crippen LogP contribution in [0.3, 0.4) is 0 Å². The van der Waals surface area contributed by atoms with Crippen LogP contribution in [0.4, 0.5) is 0 Å². The molecule has 0 saturated heterocycles. The van der Waals surface area contributed by atoms with Gasteiger partial charge in [0.15, 0.2) is 0 Å². The fourth-order valence-electron chi connectivity index (χ4n) is 1.95. The number of halogens is 1. The Bertz CT molecular complexity index is 580. The average Bonchev–Trinajstić information content (AvgIpc) is 3.07. The predicted molar refractivity (Wildman–Crippen MR) is 83.6 cm³/mol. The molecule has 0 spiro atoms. The minimum atomic E-state index is 0.708. The Hall–Kier alpha value is -1.12. The molecule has 2 aromatic rings. The number of aromatic nitrogens is 6. The summed E-state index contributed by atoms with van der Waals surface area (Å²) >= 11 is 7.99. The van der Waals surface area contributed by atoms with Crippen molar-refractivity contribution in [3.63, 3.8) is 0 Å². The van der Waals surface area contributed by atoms with Gasteiger partial charge in [-0.1, -0.05) is 30.3 Å². The molecule has 0 aliphatic heterocycles. The number of likely N-dealkylation sites (N-methyl/N-ethyl adjacent to an activating group) is 1. The topological polar surface area (TPSA) is 73.5 Å². The quantitative estimate of drug-likeness (QED) is 0.742. The maximum Gasteiger partial charge on any atom is 0.209 e. The number of thioether (sulfide) groups is 1. The highest BCUT2D eigenvalue weighted by atomic mass is 35.5. The number of tetrazole rings is 1. The number of hydrogen-bond acceptors (Lipinski definition) is 6. The minimum absolute atomic E-state index is 0.708. The zero-order chi connectivity index (χ0) is 15.2. The van der Waals surface area contributed by atoms with Gasteiger partial charge in [-0.05, 0) is 30.8 Å². The van der Waals surface area contributed by atoms with Gasteiger partial charge in [-0.15, -0.1) is 5.10 Å². The lowest BCUT2D eigenvalue weighted by Crippen LogP contribution is -2.16. The van der Waals surface area contributed by atoms with E-state index < -0.39 is 0 Å². The second kappa shape index (κ2) is 7.77. The van der Waals surface area contributed by atoms with Gasteiger partial charge >= 0.3 is 0 Å². The molecule has 0 saturated carbocycles. The Morgan fingerprint density at radius 1 is 1.29 bits per heavy atom. The molecular formula is C12H20ClN7S. The van der Waals surface area contributed by atoms with Crippen LogP contribution in [0.5, 0.6) is 0 Å². The number of aryl methyl sites for hydroxylation is 2. The maximum absolute atomic E-state index is 6.41. The first-order valence-corrected chi connectivity index (χ1v) is 8.35. The molecule has 2 rings (SSSR count). The number of rotatable bonds is 8. The lowest BCUT2D eigenvalue weighted by molar-refractivity contribution is 0.529. The van der Waals surface area contributed by atoms with E-state index in [9.17, 15) is 0 Å². The molecule has 1 N–H and O–H groups in total. The van der Waals surface area contributed by atoms with Crippen molar-refractivity contribution in [3.8, 4) is 0 Å². The summed E-state index contributed by atoms with van der Waals surface area (Å²) < 4.78 is 3.75. The highest BCUT2D eigenvalue weighted by Gasteiger charge is 2.16. The van der Waals surface area contributed by atoms with Crippen molar-refractivity contribution in [3.05, 3.63) is 16.4 Å². The summed E-state index contributed by atoms with van der Waals surface area (Å²) in [5, 5.41) is 21.0. The van der Waals surface area contributed by atoms with Crippen molar-refractivity contribution in [2.24, 2.45) is 0 Å². The number of nitrogens with one attached hydrogen (secondary N) is 1. The highest BCUT2D eigenvalue weighted by Crippen LogP contribution is 2.28. The third kappa shape index (κ3) is 3.75. The summed E-state index contributed by atoms with van der Waals surface area (Å²) in [7, 11) is 1.91. The van der Waals surface area contributed by atoms with E-state index in [4.69, 9.17) is 11.6 Å². The third-order valence-corrected chi connectivity index (χ3v) is 4.51. The summed E-state index contributed by atoms with van der Waals surface area (Å²) in [6.45, 7) is 6.50. The van der Waals surface area contributed by atoms with Crippen LogP contribution in [0.1, 0.15) is 25.2 Å².